The van der Waals surface area contributed by atoms with Gasteiger partial charge in [0.1, 0.15) is 0 Å². The molecule has 0 N–H and O–H groups in total. The lowest BCUT2D eigenvalue weighted by molar-refractivity contribution is 0.738. The van der Waals surface area contributed by atoms with Crippen LogP contribution < -0.4 is 0 Å². The van der Waals surface area contributed by atoms with Gasteiger partial charge in [0, 0.05) is 8.95 Å². The van der Waals surface area contributed by atoms with Crippen molar-refractivity contribution in [3.63, 3.8) is 0 Å². The number of allylic oxidation sites excluding steroid dienone is 2. The Balaban J connectivity index is 2.56. The molecule has 0 fully saturated rings. The van der Waals surface area contributed by atoms with Gasteiger partial charge in [-0.2, -0.15) is 0 Å². The number of hydrogen-bond acceptors (Lipinski definition) is 0. The SMILES string of the molecule is C=CCCCCc1cc(Br)c(CCCCC=C)cc1Br. The number of benzene rings is 1. The van der Waals surface area contributed by atoms with Crippen LogP contribution in [-0.2, 0) is 12.8 Å². The lowest BCUT2D eigenvalue weighted by Crippen LogP contribution is -1.93. The van der Waals surface area contributed by atoms with E-state index in [1.165, 1.54) is 45.8 Å². The van der Waals surface area contributed by atoms with Crippen LogP contribution in [0, 0.1) is 0 Å². The predicted octanol–water partition coefficient (Wildman–Crippen LogP) is 7.01. The summed E-state index contributed by atoms with van der Waals surface area (Å²) in [7, 11) is 0. The first-order valence-corrected chi connectivity index (χ1v) is 8.96. The zero-order valence-electron chi connectivity index (χ0n) is 12.1. The molecule has 0 bridgehead atoms. The maximum absolute atomic E-state index is 3.77. The largest absolute Gasteiger partial charge is 0.103 e. The molecular weight excluding hydrogens is 376 g/mol. The number of aryl methyl sites for hydroxylation is 2. The first kappa shape index (κ1) is 17.7. The van der Waals surface area contributed by atoms with Crippen molar-refractivity contribution in [2.24, 2.45) is 0 Å². The summed E-state index contributed by atoms with van der Waals surface area (Å²) in [6, 6.07) is 4.56. The van der Waals surface area contributed by atoms with Crippen molar-refractivity contribution in [1.29, 1.82) is 0 Å². The molecule has 0 unspecified atom stereocenters. The van der Waals surface area contributed by atoms with Gasteiger partial charge in [0.2, 0.25) is 0 Å². The first-order chi connectivity index (χ1) is 9.69. The van der Waals surface area contributed by atoms with E-state index in [4.69, 9.17) is 0 Å². The fourth-order valence-corrected chi connectivity index (χ4v) is 3.40. The minimum atomic E-state index is 1.11. The smallest absolute Gasteiger partial charge is 0.0210 e. The average Bonchev–Trinajstić information content (AvgIpc) is 2.44. The topological polar surface area (TPSA) is 0 Å². The number of halogens is 2. The van der Waals surface area contributed by atoms with Gasteiger partial charge < -0.3 is 0 Å². The molecule has 0 spiro atoms. The van der Waals surface area contributed by atoms with E-state index in [1.807, 2.05) is 12.2 Å². The Kier molecular flexibility index (Phi) is 9.21. The van der Waals surface area contributed by atoms with E-state index in [9.17, 15) is 0 Å². The van der Waals surface area contributed by atoms with Crippen molar-refractivity contribution >= 4 is 31.9 Å². The highest BCUT2D eigenvalue weighted by atomic mass is 79.9. The molecule has 20 heavy (non-hydrogen) atoms. The van der Waals surface area contributed by atoms with Crippen LogP contribution in [0.25, 0.3) is 0 Å². The van der Waals surface area contributed by atoms with E-state index >= 15 is 0 Å². The minimum Gasteiger partial charge on any atom is -0.103 e. The maximum Gasteiger partial charge on any atom is 0.0210 e. The quantitative estimate of drug-likeness (QED) is 0.293. The normalized spacial score (nSPS) is 10.5. The molecule has 0 aliphatic carbocycles. The second-order valence-corrected chi connectivity index (χ2v) is 6.81. The van der Waals surface area contributed by atoms with Crippen LogP contribution in [-0.4, -0.2) is 0 Å². The van der Waals surface area contributed by atoms with Crippen LogP contribution in [0.3, 0.4) is 0 Å². The monoisotopic (exact) mass is 398 g/mol. The Morgan fingerprint density at radius 1 is 0.750 bits per heavy atom. The molecule has 0 amide bonds. The minimum absolute atomic E-state index is 1.11. The molecule has 110 valence electrons. The second kappa shape index (κ2) is 10.4. The van der Waals surface area contributed by atoms with Gasteiger partial charge in [-0.05, 0) is 74.6 Å². The van der Waals surface area contributed by atoms with Gasteiger partial charge in [-0.25, -0.2) is 0 Å². The summed E-state index contributed by atoms with van der Waals surface area (Å²) in [6.07, 6.45) is 13.3. The van der Waals surface area contributed by atoms with Crippen LogP contribution >= 0.6 is 31.9 Å². The second-order valence-electron chi connectivity index (χ2n) is 5.10. The van der Waals surface area contributed by atoms with E-state index in [0.29, 0.717) is 0 Å². The molecule has 0 radical (unpaired) electrons. The van der Waals surface area contributed by atoms with E-state index < -0.39 is 0 Å². The molecule has 0 atom stereocenters. The van der Waals surface area contributed by atoms with Gasteiger partial charge in [-0.15, -0.1) is 13.2 Å². The standard InChI is InChI=1S/C18H24Br2/c1-3-5-7-9-11-15-13-18(20)16(14-17(15)19)12-10-8-6-4-2/h3-4,13-14H,1-2,5-12H2. The third-order valence-corrected chi connectivity index (χ3v) is 4.90. The maximum atomic E-state index is 3.77. The summed E-state index contributed by atoms with van der Waals surface area (Å²) >= 11 is 7.43. The Bertz CT molecular complexity index is 394. The number of hydrogen-bond donors (Lipinski definition) is 0. The molecule has 2 heteroatoms. The average molecular weight is 400 g/mol. The molecule has 0 aliphatic heterocycles. The van der Waals surface area contributed by atoms with Gasteiger partial charge in [-0.3, -0.25) is 0 Å². The molecule has 0 aliphatic rings. The lowest BCUT2D eigenvalue weighted by Gasteiger charge is -2.10. The van der Waals surface area contributed by atoms with Crippen LogP contribution in [0.4, 0.5) is 0 Å². The van der Waals surface area contributed by atoms with E-state index in [-0.39, 0.29) is 0 Å². The van der Waals surface area contributed by atoms with Gasteiger partial charge in [0.15, 0.2) is 0 Å². The summed E-state index contributed by atoms with van der Waals surface area (Å²) in [4.78, 5) is 0. The Labute approximate surface area is 140 Å². The molecule has 0 saturated heterocycles. The van der Waals surface area contributed by atoms with Crippen LogP contribution in [0.1, 0.15) is 49.7 Å². The highest BCUT2D eigenvalue weighted by Gasteiger charge is 2.06. The Hall–Kier alpha value is -0.340. The summed E-state index contributed by atoms with van der Waals surface area (Å²) in [5, 5.41) is 0. The van der Waals surface area contributed by atoms with Crippen molar-refractivity contribution in [3.8, 4) is 0 Å². The molecule has 1 aromatic carbocycles. The number of rotatable bonds is 10. The van der Waals surface area contributed by atoms with Crippen LogP contribution in [0.2, 0.25) is 0 Å². The highest BCUT2D eigenvalue weighted by Crippen LogP contribution is 2.28. The summed E-state index contributed by atoms with van der Waals surface area (Å²) in [5.74, 6) is 0. The predicted molar refractivity (Wildman–Crippen MR) is 97.3 cm³/mol. The third kappa shape index (κ3) is 6.41. The van der Waals surface area contributed by atoms with Crippen LogP contribution in [0.5, 0.6) is 0 Å². The summed E-state index contributed by atoms with van der Waals surface area (Å²) in [6.45, 7) is 7.53. The fourth-order valence-electron chi connectivity index (χ4n) is 2.22. The van der Waals surface area contributed by atoms with Crippen molar-refractivity contribution in [2.75, 3.05) is 0 Å². The molecule has 1 rings (SSSR count). The lowest BCUT2D eigenvalue weighted by atomic mass is 10.0. The molecular formula is C18H24Br2. The highest BCUT2D eigenvalue weighted by molar-refractivity contribution is 9.11. The fraction of sp³-hybridized carbons (Fsp3) is 0.444. The van der Waals surface area contributed by atoms with Crippen LogP contribution in [0.15, 0.2) is 46.4 Å². The van der Waals surface area contributed by atoms with E-state index in [0.717, 1.165) is 25.7 Å². The molecule has 0 heterocycles. The Morgan fingerprint density at radius 2 is 1.15 bits per heavy atom. The van der Waals surface area contributed by atoms with Crippen molar-refractivity contribution in [1.82, 2.24) is 0 Å². The first-order valence-electron chi connectivity index (χ1n) is 7.37. The van der Waals surface area contributed by atoms with Gasteiger partial charge in [0.05, 0.1) is 0 Å². The zero-order valence-corrected chi connectivity index (χ0v) is 15.3. The zero-order chi connectivity index (χ0) is 14.8. The third-order valence-electron chi connectivity index (χ3n) is 3.42. The van der Waals surface area contributed by atoms with Gasteiger partial charge in [0.25, 0.3) is 0 Å². The molecule has 0 saturated carbocycles. The van der Waals surface area contributed by atoms with Crippen molar-refractivity contribution < 1.29 is 0 Å². The van der Waals surface area contributed by atoms with E-state index in [1.54, 1.807) is 0 Å². The van der Waals surface area contributed by atoms with Gasteiger partial charge in [-0.1, -0.05) is 44.0 Å². The summed E-state index contributed by atoms with van der Waals surface area (Å²) < 4.78 is 2.50. The van der Waals surface area contributed by atoms with E-state index in [2.05, 4.69) is 57.2 Å². The Morgan fingerprint density at radius 3 is 1.50 bits per heavy atom. The molecule has 1 aromatic rings. The summed E-state index contributed by atoms with van der Waals surface area (Å²) in [5.41, 5.74) is 2.80. The number of unbranched alkanes of at least 4 members (excludes halogenated alkanes) is 4. The van der Waals surface area contributed by atoms with Gasteiger partial charge >= 0.3 is 0 Å². The van der Waals surface area contributed by atoms with Crippen molar-refractivity contribution in [2.45, 2.75) is 51.4 Å². The molecule has 0 nitrogen and oxygen atoms in total. The molecule has 0 aromatic heterocycles. The van der Waals surface area contributed by atoms with Crippen molar-refractivity contribution in [3.05, 3.63) is 57.5 Å².